The van der Waals surface area contributed by atoms with Crippen LogP contribution in [0.1, 0.15) is 0 Å². The topological polar surface area (TPSA) is 0 Å². The normalized spacial score (nSPS) is 2.50. The van der Waals surface area contributed by atoms with E-state index >= 15 is 0 Å². The third kappa shape index (κ3) is 76.7. The van der Waals surface area contributed by atoms with Gasteiger partial charge in [-0.3, -0.25) is 0 Å². The van der Waals surface area contributed by atoms with Gasteiger partial charge in [0, 0.05) is 137 Å². The van der Waals surface area contributed by atoms with Gasteiger partial charge in [-0.15, -0.1) is 0 Å². The third-order valence-corrected chi connectivity index (χ3v) is 2.70. The van der Waals surface area contributed by atoms with Gasteiger partial charge in [-0.2, -0.15) is 0 Å². The number of hydrogen-bond acceptors (Lipinski definition) is 4. The molecule has 0 aromatic heterocycles. The van der Waals surface area contributed by atoms with Crippen LogP contribution in [-0.4, -0.2) is 0 Å². The Labute approximate surface area is 176 Å². The standard InChI is InChI=1S/8Cu.H2S4/c;;;;;;;;1-3-4-2/h;;;;;;;;1-2H. The van der Waals surface area contributed by atoms with Gasteiger partial charge in [0.15, 0.2) is 0 Å². The molecule has 0 fully saturated rings. The van der Waals surface area contributed by atoms with Gasteiger partial charge in [0.1, 0.15) is 0 Å². The molecule has 8 radical (unpaired) electrons. The molecule has 12 heteroatoms. The Hall–Kier alpha value is 5.56. The van der Waals surface area contributed by atoms with E-state index in [2.05, 4.69) is 23.3 Å². The molecule has 0 heterocycles. The minimum atomic E-state index is 0. The summed E-state index contributed by atoms with van der Waals surface area (Å²) in [6.45, 7) is 0. The molecule has 114 valence electrons. The summed E-state index contributed by atoms with van der Waals surface area (Å²) in [6.07, 6.45) is 0. The number of rotatable bonds is 1. The van der Waals surface area contributed by atoms with Crippen LogP contribution >= 0.6 is 43.0 Å². The summed E-state index contributed by atoms with van der Waals surface area (Å²) in [7, 11) is 2.66. The monoisotopic (exact) mass is 633 g/mol. The second-order valence-electron chi connectivity index (χ2n) is 0.149. The number of thiol groups is 2. The average molecular weight is 639 g/mol. The van der Waals surface area contributed by atoms with Gasteiger partial charge in [0.2, 0.25) is 0 Å². The molecule has 0 aliphatic carbocycles. The Bertz CT molecular complexity index is 13.0. The molecule has 0 aromatic carbocycles. The Balaban J connectivity index is -0.00000000161. The second-order valence-corrected chi connectivity index (χ2v) is 4.02. The maximum atomic E-state index is 3.72. The summed E-state index contributed by atoms with van der Waals surface area (Å²) in [5.74, 6) is 0. The molecular weight excluding hydrogens is 637 g/mol. The zero-order chi connectivity index (χ0) is 3.41. The van der Waals surface area contributed by atoms with E-state index in [1.165, 1.54) is 19.7 Å². The summed E-state index contributed by atoms with van der Waals surface area (Å²) in [5, 5.41) is 0. The molecular formula is H2Cu8S4. The van der Waals surface area contributed by atoms with Crippen molar-refractivity contribution < 1.29 is 137 Å². The summed E-state index contributed by atoms with van der Waals surface area (Å²) >= 11 is 7.45. The molecule has 12 heavy (non-hydrogen) atoms. The van der Waals surface area contributed by atoms with Crippen molar-refractivity contribution in [2.45, 2.75) is 0 Å². The van der Waals surface area contributed by atoms with Crippen molar-refractivity contribution in [2.75, 3.05) is 0 Å². The molecule has 0 bridgehead atoms. The molecule has 0 saturated heterocycles. The molecule has 0 aliphatic rings. The fourth-order valence-corrected chi connectivity index (χ4v) is 0. The van der Waals surface area contributed by atoms with Crippen molar-refractivity contribution in [3.63, 3.8) is 0 Å². The maximum Gasteiger partial charge on any atom is 0 e. The predicted molar refractivity (Wildman–Crippen MR) is 33.2 cm³/mol. The predicted octanol–water partition coefficient (Wildman–Crippen LogP) is 2.04. The minimum absolute atomic E-state index is 0. The summed E-state index contributed by atoms with van der Waals surface area (Å²) in [5.41, 5.74) is 0. The Morgan fingerprint density at radius 3 is 0.500 bits per heavy atom. The molecule has 0 unspecified atom stereocenters. The van der Waals surface area contributed by atoms with Crippen LogP contribution in [-0.2, 0) is 137 Å². The largest absolute Gasteiger partial charge is 0.0989 e. The first kappa shape index (κ1) is 65.7. The SMILES string of the molecule is SSSS.[Cu].[Cu].[Cu].[Cu].[Cu].[Cu].[Cu].[Cu]. The molecule has 0 rings (SSSR count). The Kier molecular flexibility index (Phi) is 384. The van der Waals surface area contributed by atoms with Gasteiger partial charge in [-0.25, -0.2) is 0 Å². The maximum absolute atomic E-state index is 3.72. The summed E-state index contributed by atoms with van der Waals surface area (Å²) in [6, 6.07) is 0. The van der Waals surface area contributed by atoms with Gasteiger partial charge >= 0.3 is 0 Å². The molecule has 0 amide bonds. The zero-order valence-electron chi connectivity index (χ0n) is 4.12. The summed E-state index contributed by atoms with van der Waals surface area (Å²) in [4.78, 5) is 0. The van der Waals surface area contributed by atoms with E-state index in [1.807, 2.05) is 0 Å². The molecule has 0 aliphatic heterocycles. The Morgan fingerprint density at radius 1 is 0.417 bits per heavy atom. The fraction of sp³-hybridized carbons (Fsp3) is 0. The second kappa shape index (κ2) is 70.2. The van der Waals surface area contributed by atoms with Crippen LogP contribution in [0.5, 0.6) is 0 Å². The van der Waals surface area contributed by atoms with E-state index in [-0.39, 0.29) is 137 Å². The van der Waals surface area contributed by atoms with Crippen molar-refractivity contribution in [3.8, 4) is 0 Å². The van der Waals surface area contributed by atoms with E-state index < -0.39 is 0 Å². The van der Waals surface area contributed by atoms with Crippen LogP contribution in [0.4, 0.5) is 0 Å². The minimum Gasteiger partial charge on any atom is -0.0989 e. The first-order valence-electron chi connectivity index (χ1n) is 0.532. The van der Waals surface area contributed by atoms with E-state index in [1.54, 1.807) is 0 Å². The first-order chi connectivity index (χ1) is 1.91. The Morgan fingerprint density at radius 2 is 0.500 bits per heavy atom. The molecule has 0 saturated carbocycles. The van der Waals surface area contributed by atoms with Crippen molar-refractivity contribution in [2.24, 2.45) is 0 Å². The molecule has 0 N–H and O–H groups in total. The summed E-state index contributed by atoms with van der Waals surface area (Å²) < 4.78 is 0. The van der Waals surface area contributed by atoms with Crippen LogP contribution in [0.15, 0.2) is 0 Å². The van der Waals surface area contributed by atoms with Crippen molar-refractivity contribution in [1.29, 1.82) is 0 Å². The van der Waals surface area contributed by atoms with Gasteiger partial charge in [-0.05, 0) is 19.7 Å². The molecule has 0 aromatic rings. The van der Waals surface area contributed by atoms with Crippen LogP contribution in [0.2, 0.25) is 0 Å². The van der Waals surface area contributed by atoms with Crippen LogP contribution in [0, 0.1) is 0 Å². The van der Waals surface area contributed by atoms with E-state index in [4.69, 9.17) is 0 Å². The van der Waals surface area contributed by atoms with E-state index in [9.17, 15) is 0 Å². The molecule has 0 atom stereocenters. The van der Waals surface area contributed by atoms with Crippen LogP contribution < -0.4 is 0 Å². The van der Waals surface area contributed by atoms with Gasteiger partial charge < -0.3 is 0 Å². The fourth-order valence-electron chi connectivity index (χ4n) is 0. The third-order valence-electron chi connectivity index (χ3n) is 0.0333. The smallest absolute Gasteiger partial charge is 0 e. The first-order valence-corrected chi connectivity index (χ1v) is 4.79. The van der Waals surface area contributed by atoms with Crippen molar-refractivity contribution in [3.05, 3.63) is 0 Å². The quantitative estimate of drug-likeness (QED) is 0.257. The van der Waals surface area contributed by atoms with Gasteiger partial charge in [0.25, 0.3) is 0 Å². The van der Waals surface area contributed by atoms with Gasteiger partial charge in [-0.1, -0.05) is 23.3 Å². The van der Waals surface area contributed by atoms with Crippen LogP contribution in [0.25, 0.3) is 0 Å². The average Bonchev–Trinajstić information content (AvgIpc) is 1.37. The van der Waals surface area contributed by atoms with E-state index in [0.29, 0.717) is 0 Å². The van der Waals surface area contributed by atoms with Gasteiger partial charge in [0.05, 0.1) is 0 Å². The molecule has 0 nitrogen and oxygen atoms in total. The number of hydrogen-bond donors (Lipinski definition) is 2. The van der Waals surface area contributed by atoms with Crippen molar-refractivity contribution >= 4 is 43.0 Å². The molecule has 0 spiro atoms. The zero-order valence-corrected chi connectivity index (χ0v) is 15.1. The van der Waals surface area contributed by atoms with Crippen molar-refractivity contribution in [1.82, 2.24) is 0 Å². The van der Waals surface area contributed by atoms with E-state index in [0.717, 1.165) is 0 Å². The van der Waals surface area contributed by atoms with Crippen LogP contribution in [0.3, 0.4) is 0 Å².